The Bertz CT molecular complexity index is 2010. The zero-order chi connectivity index (χ0) is 40.6. The summed E-state index contributed by atoms with van der Waals surface area (Å²) in [5, 5.41) is 25.0. The third-order valence-corrected chi connectivity index (χ3v) is 10.5. The fourth-order valence-electron chi connectivity index (χ4n) is 6.20. The van der Waals surface area contributed by atoms with Crippen LogP contribution in [0.15, 0.2) is 127 Å². The van der Waals surface area contributed by atoms with E-state index in [-0.39, 0.29) is 43.3 Å². The van der Waals surface area contributed by atoms with Crippen LogP contribution < -0.4 is 26.6 Å². The van der Waals surface area contributed by atoms with Gasteiger partial charge in [-0.3, -0.25) is 28.8 Å². The molecule has 12 nitrogen and oxygen atoms in total. The Morgan fingerprint density at radius 3 is 1.70 bits per heavy atom. The number of rotatable bonds is 19. The van der Waals surface area contributed by atoms with Gasteiger partial charge in [0.25, 0.3) is 0 Å². The molecule has 5 atom stereocenters. The molecule has 5 amide bonds. The van der Waals surface area contributed by atoms with Crippen LogP contribution in [0.1, 0.15) is 43.7 Å². The van der Waals surface area contributed by atoms with Crippen LogP contribution in [0.25, 0.3) is 11.1 Å². The minimum absolute atomic E-state index is 0.00425. The van der Waals surface area contributed by atoms with Crippen LogP contribution in [0, 0.1) is 0 Å². The Hall–Kier alpha value is -6.21. The van der Waals surface area contributed by atoms with Crippen molar-refractivity contribution in [1.29, 1.82) is 0 Å². The highest BCUT2D eigenvalue weighted by atomic mass is 32.2. The standard InChI is InChI=1S/C44H47N5O7S/c1-29(44(55)56)45-41(52)36(26-30-12-5-2-6-13-30)48-42(53)37(27-31-19-21-33(22-20-31)32-14-7-3-8-15-32)49-43(54)38(28-35-18-11-25-57-35)47-40(51)24-23-39(50)46-34-16-9-4-10-17-34/h2-17,19-22,25,29,35-38H,18,23-24,26-28H2,1H3,(H,45,52)(H,46,50)(H,47,51)(H,48,53)(H,49,54)(H,55,56)/t29-,35?,36+,37-,38+/m0/s1. The van der Waals surface area contributed by atoms with Crippen LogP contribution in [-0.2, 0) is 41.6 Å². The van der Waals surface area contributed by atoms with Crippen molar-refractivity contribution < 1.29 is 33.9 Å². The summed E-state index contributed by atoms with van der Waals surface area (Å²) in [6, 6.07) is 30.5. The lowest BCUT2D eigenvalue weighted by atomic mass is 9.99. The molecule has 0 radical (unpaired) electrons. The lowest BCUT2D eigenvalue weighted by molar-refractivity contribution is -0.141. The predicted molar refractivity (Wildman–Crippen MR) is 221 cm³/mol. The van der Waals surface area contributed by atoms with Crippen LogP contribution in [0.4, 0.5) is 5.69 Å². The minimum Gasteiger partial charge on any atom is -0.480 e. The first-order valence-corrected chi connectivity index (χ1v) is 19.7. The first-order chi connectivity index (χ1) is 27.5. The molecule has 296 valence electrons. The van der Waals surface area contributed by atoms with E-state index in [4.69, 9.17) is 0 Å². The molecule has 0 aliphatic carbocycles. The smallest absolute Gasteiger partial charge is 0.325 e. The summed E-state index contributed by atoms with van der Waals surface area (Å²) < 4.78 is 0. The number of carboxylic acid groups (broad SMARTS) is 1. The second kappa shape index (κ2) is 21.2. The maximum absolute atomic E-state index is 14.2. The number of hydrogen-bond donors (Lipinski definition) is 6. The van der Waals surface area contributed by atoms with Crippen molar-refractivity contribution in [3.05, 3.63) is 138 Å². The Kier molecular flexibility index (Phi) is 15.6. The predicted octanol–water partition coefficient (Wildman–Crippen LogP) is 5.01. The summed E-state index contributed by atoms with van der Waals surface area (Å²) in [6.07, 6.45) is 2.76. The number of carboxylic acids is 1. The van der Waals surface area contributed by atoms with Gasteiger partial charge in [0.2, 0.25) is 29.5 Å². The van der Waals surface area contributed by atoms with Crippen molar-refractivity contribution in [3.63, 3.8) is 0 Å². The van der Waals surface area contributed by atoms with Crippen LogP contribution in [0.3, 0.4) is 0 Å². The number of thioether (sulfide) groups is 1. The van der Waals surface area contributed by atoms with E-state index in [0.717, 1.165) is 22.3 Å². The molecule has 1 aliphatic rings. The first kappa shape index (κ1) is 41.9. The fourth-order valence-corrected chi connectivity index (χ4v) is 7.17. The third-order valence-electron chi connectivity index (χ3n) is 9.33. The van der Waals surface area contributed by atoms with E-state index in [1.54, 1.807) is 48.5 Å². The van der Waals surface area contributed by atoms with Gasteiger partial charge >= 0.3 is 5.97 Å². The number of anilines is 1. The van der Waals surface area contributed by atoms with Gasteiger partial charge in [-0.25, -0.2) is 0 Å². The molecule has 1 heterocycles. The molecule has 0 bridgehead atoms. The van der Waals surface area contributed by atoms with Gasteiger partial charge in [0.1, 0.15) is 24.2 Å². The molecule has 6 N–H and O–H groups in total. The van der Waals surface area contributed by atoms with E-state index in [2.05, 4.69) is 26.6 Å². The van der Waals surface area contributed by atoms with Crippen molar-refractivity contribution in [1.82, 2.24) is 21.3 Å². The van der Waals surface area contributed by atoms with Gasteiger partial charge < -0.3 is 31.7 Å². The average molecular weight is 790 g/mol. The number of carbonyl (C=O) groups excluding carboxylic acids is 5. The van der Waals surface area contributed by atoms with E-state index >= 15 is 0 Å². The van der Waals surface area contributed by atoms with E-state index in [0.29, 0.717) is 12.1 Å². The maximum Gasteiger partial charge on any atom is 0.325 e. The summed E-state index contributed by atoms with van der Waals surface area (Å²) in [4.78, 5) is 79.2. The molecular weight excluding hydrogens is 743 g/mol. The fraction of sp³-hybridized carbons (Fsp3) is 0.273. The highest BCUT2D eigenvalue weighted by Crippen LogP contribution is 2.28. The zero-order valence-corrected chi connectivity index (χ0v) is 32.4. The van der Waals surface area contributed by atoms with Crippen LogP contribution in [0.5, 0.6) is 0 Å². The molecule has 4 aromatic rings. The lowest BCUT2D eigenvalue weighted by Gasteiger charge is -2.27. The topological polar surface area (TPSA) is 183 Å². The number of nitrogens with one attached hydrogen (secondary N) is 5. The number of amides is 5. The van der Waals surface area contributed by atoms with Gasteiger partial charge in [0, 0.05) is 36.6 Å². The Morgan fingerprint density at radius 1 is 0.614 bits per heavy atom. The van der Waals surface area contributed by atoms with Crippen molar-refractivity contribution in [3.8, 4) is 11.1 Å². The number of carbonyl (C=O) groups is 6. The summed E-state index contributed by atoms with van der Waals surface area (Å²) in [6.45, 7) is 1.33. The minimum atomic E-state index is -1.24. The summed E-state index contributed by atoms with van der Waals surface area (Å²) in [5.74, 6) is -4.07. The summed E-state index contributed by atoms with van der Waals surface area (Å²) in [5.41, 5.74) is 4.01. The van der Waals surface area contributed by atoms with Gasteiger partial charge in [-0.05, 0) is 59.6 Å². The molecule has 0 fully saturated rings. The van der Waals surface area contributed by atoms with Gasteiger partial charge in [-0.2, -0.15) is 0 Å². The Balaban J connectivity index is 1.35. The zero-order valence-electron chi connectivity index (χ0n) is 31.6. The highest BCUT2D eigenvalue weighted by molar-refractivity contribution is 8.03. The molecule has 57 heavy (non-hydrogen) atoms. The van der Waals surface area contributed by atoms with Crippen molar-refractivity contribution in [2.24, 2.45) is 0 Å². The summed E-state index contributed by atoms with van der Waals surface area (Å²) >= 11 is 1.54. The molecule has 5 rings (SSSR count). The van der Waals surface area contributed by atoms with E-state index in [1.807, 2.05) is 78.2 Å². The number of benzene rings is 4. The molecular formula is C44H47N5O7S. The monoisotopic (exact) mass is 789 g/mol. The van der Waals surface area contributed by atoms with Crippen molar-refractivity contribution in [2.75, 3.05) is 5.32 Å². The highest BCUT2D eigenvalue weighted by Gasteiger charge is 2.32. The second-order valence-electron chi connectivity index (χ2n) is 13.8. The van der Waals surface area contributed by atoms with Crippen molar-refractivity contribution in [2.45, 2.75) is 74.9 Å². The first-order valence-electron chi connectivity index (χ1n) is 18.8. The largest absolute Gasteiger partial charge is 0.480 e. The van der Waals surface area contributed by atoms with E-state index < -0.39 is 53.8 Å². The number of allylic oxidation sites excluding steroid dienone is 1. The molecule has 0 spiro atoms. The van der Waals surface area contributed by atoms with Crippen molar-refractivity contribution >= 4 is 53.0 Å². The maximum atomic E-state index is 14.2. The SMILES string of the molecule is C[C@H](NC(=O)[C@@H](Cc1ccccc1)NC(=O)[C@H](Cc1ccc(-c2ccccc2)cc1)NC(=O)[C@@H](CC1CC=CS1)NC(=O)CCC(=O)Nc1ccccc1)C(=O)O. The number of hydrogen-bond acceptors (Lipinski definition) is 7. The lowest BCUT2D eigenvalue weighted by Crippen LogP contribution is -2.58. The number of para-hydroxylation sites is 1. The van der Waals surface area contributed by atoms with Crippen LogP contribution in [-0.4, -0.2) is 70.0 Å². The molecule has 13 heteroatoms. The number of aliphatic carboxylic acids is 1. The van der Waals surface area contributed by atoms with Crippen LogP contribution >= 0.6 is 11.8 Å². The van der Waals surface area contributed by atoms with Gasteiger partial charge in [-0.15, -0.1) is 11.8 Å². The average Bonchev–Trinajstić information content (AvgIpc) is 3.74. The van der Waals surface area contributed by atoms with Gasteiger partial charge in [-0.1, -0.05) is 109 Å². The molecule has 0 saturated carbocycles. The molecule has 4 aromatic carbocycles. The molecule has 0 aromatic heterocycles. The molecule has 1 unspecified atom stereocenters. The van der Waals surface area contributed by atoms with E-state index in [1.165, 1.54) is 18.7 Å². The Morgan fingerprint density at radius 2 is 1.12 bits per heavy atom. The third kappa shape index (κ3) is 13.5. The van der Waals surface area contributed by atoms with Gasteiger partial charge in [0.05, 0.1) is 0 Å². The molecule has 0 saturated heterocycles. The van der Waals surface area contributed by atoms with E-state index in [9.17, 15) is 33.9 Å². The quantitative estimate of drug-likeness (QED) is 0.0767. The normalized spacial score (nSPS) is 15.3. The van der Waals surface area contributed by atoms with Crippen LogP contribution in [0.2, 0.25) is 0 Å². The second-order valence-corrected chi connectivity index (χ2v) is 15.0. The Labute approximate surface area is 336 Å². The van der Waals surface area contributed by atoms with Gasteiger partial charge in [0.15, 0.2) is 0 Å². The molecule has 1 aliphatic heterocycles. The summed E-state index contributed by atoms with van der Waals surface area (Å²) in [7, 11) is 0.